The lowest BCUT2D eigenvalue weighted by Crippen LogP contribution is -2.32. The number of likely N-dealkylation sites (N-methyl/N-ethyl adjacent to an activating group) is 1. The number of aliphatic hydroxyl groups excluding tert-OH is 1. The lowest BCUT2D eigenvalue weighted by molar-refractivity contribution is 0.114. The Morgan fingerprint density at radius 1 is 1.05 bits per heavy atom. The highest BCUT2D eigenvalue weighted by atomic mass is 16.3. The van der Waals surface area contributed by atoms with E-state index >= 15 is 0 Å². The van der Waals surface area contributed by atoms with E-state index in [-0.39, 0.29) is 6.10 Å². The summed E-state index contributed by atoms with van der Waals surface area (Å²) in [6.45, 7) is 11.5. The van der Waals surface area contributed by atoms with Crippen molar-refractivity contribution in [1.82, 2.24) is 9.80 Å². The molecule has 0 bridgehead atoms. The normalized spacial score (nSPS) is 19.9. The van der Waals surface area contributed by atoms with Crippen molar-refractivity contribution in [3.63, 3.8) is 0 Å². The van der Waals surface area contributed by atoms with E-state index in [1.54, 1.807) is 0 Å². The third kappa shape index (κ3) is 3.81. The number of β-amino-alcohol motifs (C(OH)–C–C–N with tert-alkyl or cyclic N) is 1. The zero-order valence-electron chi connectivity index (χ0n) is 13.3. The van der Waals surface area contributed by atoms with Crippen molar-refractivity contribution in [3.8, 4) is 0 Å². The topological polar surface area (TPSA) is 26.7 Å². The van der Waals surface area contributed by atoms with Gasteiger partial charge in [0, 0.05) is 19.6 Å². The van der Waals surface area contributed by atoms with E-state index in [1.807, 2.05) is 0 Å². The molecule has 1 N–H and O–H groups in total. The zero-order chi connectivity index (χ0) is 14.7. The summed E-state index contributed by atoms with van der Waals surface area (Å²) in [6.07, 6.45) is 0.814. The second kappa shape index (κ2) is 6.70. The average Bonchev–Trinajstić information content (AvgIpc) is 2.53. The van der Waals surface area contributed by atoms with Gasteiger partial charge in [0.1, 0.15) is 0 Å². The number of hydrogen-bond donors (Lipinski definition) is 1. The Kier molecular flexibility index (Phi) is 5.19. The lowest BCUT2D eigenvalue weighted by Gasteiger charge is -2.25. The van der Waals surface area contributed by atoms with Gasteiger partial charge in [0.05, 0.1) is 6.10 Å². The Morgan fingerprint density at radius 2 is 1.70 bits per heavy atom. The zero-order valence-corrected chi connectivity index (χ0v) is 13.3. The first-order chi connectivity index (χ1) is 9.47. The maximum atomic E-state index is 10.6. The molecule has 1 atom stereocenters. The number of aliphatic hydroxyl groups is 1. The van der Waals surface area contributed by atoms with Crippen LogP contribution in [0.3, 0.4) is 0 Å². The molecule has 3 heteroatoms. The molecule has 0 spiro atoms. The minimum absolute atomic E-state index is 0.376. The fourth-order valence-electron chi connectivity index (χ4n) is 3.34. The minimum atomic E-state index is -0.376. The smallest absolute Gasteiger partial charge is 0.0922 e. The first-order valence-electron chi connectivity index (χ1n) is 7.64. The molecule has 0 aromatic heterocycles. The molecular weight excluding hydrogens is 248 g/mol. The molecular formula is C17H28N2O. The lowest BCUT2D eigenvalue weighted by atomic mass is 9.95. The Hall–Kier alpha value is -0.900. The largest absolute Gasteiger partial charge is 0.387 e. The van der Waals surface area contributed by atoms with E-state index in [2.05, 4.69) is 49.8 Å². The van der Waals surface area contributed by atoms with E-state index in [1.165, 1.54) is 23.1 Å². The van der Waals surface area contributed by atoms with Crippen molar-refractivity contribution >= 4 is 0 Å². The van der Waals surface area contributed by atoms with Crippen molar-refractivity contribution in [3.05, 3.63) is 34.4 Å². The van der Waals surface area contributed by atoms with E-state index in [0.717, 1.165) is 38.3 Å². The number of benzene rings is 1. The molecule has 1 aromatic rings. The van der Waals surface area contributed by atoms with Gasteiger partial charge in [-0.2, -0.15) is 0 Å². The van der Waals surface area contributed by atoms with Crippen LogP contribution >= 0.6 is 0 Å². The summed E-state index contributed by atoms with van der Waals surface area (Å²) in [5, 5.41) is 10.6. The third-order valence-electron chi connectivity index (χ3n) is 4.31. The van der Waals surface area contributed by atoms with Crippen molar-refractivity contribution in [2.75, 3.05) is 39.8 Å². The highest BCUT2D eigenvalue weighted by molar-refractivity contribution is 5.39. The van der Waals surface area contributed by atoms with Crippen LogP contribution in [-0.4, -0.2) is 54.7 Å². The SMILES string of the molecule is Cc1cc(C)c(C(O)CN2CCCN(C)CC2)c(C)c1. The fourth-order valence-corrected chi connectivity index (χ4v) is 3.34. The van der Waals surface area contributed by atoms with Gasteiger partial charge >= 0.3 is 0 Å². The Labute approximate surface area is 123 Å². The molecule has 1 aromatic carbocycles. The van der Waals surface area contributed by atoms with E-state index in [0.29, 0.717) is 0 Å². The fraction of sp³-hybridized carbons (Fsp3) is 0.647. The Morgan fingerprint density at radius 3 is 2.35 bits per heavy atom. The van der Waals surface area contributed by atoms with Crippen molar-refractivity contribution in [2.24, 2.45) is 0 Å². The van der Waals surface area contributed by atoms with Gasteiger partial charge in [0.15, 0.2) is 0 Å². The molecule has 0 saturated carbocycles. The van der Waals surface area contributed by atoms with Crippen LogP contribution < -0.4 is 0 Å². The first kappa shape index (κ1) is 15.5. The summed E-state index contributed by atoms with van der Waals surface area (Å²) in [5.74, 6) is 0. The van der Waals surface area contributed by atoms with Crippen LogP contribution in [-0.2, 0) is 0 Å². The van der Waals surface area contributed by atoms with Crippen LogP contribution in [0.4, 0.5) is 0 Å². The molecule has 0 amide bonds. The third-order valence-corrected chi connectivity index (χ3v) is 4.31. The Balaban J connectivity index is 2.06. The number of rotatable bonds is 3. The molecule has 2 rings (SSSR count). The monoisotopic (exact) mass is 276 g/mol. The van der Waals surface area contributed by atoms with E-state index in [4.69, 9.17) is 0 Å². The number of nitrogens with zero attached hydrogens (tertiary/aromatic N) is 2. The van der Waals surface area contributed by atoms with Gasteiger partial charge in [-0.25, -0.2) is 0 Å². The molecule has 112 valence electrons. The summed E-state index contributed by atoms with van der Waals surface area (Å²) in [4.78, 5) is 4.77. The summed E-state index contributed by atoms with van der Waals surface area (Å²) >= 11 is 0. The van der Waals surface area contributed by atoms with Gasteiger partial charge in [-0.3, -0.25) is 4.90 Å². The van der Waals surface area contributed by atoms with Gasteiger partial charge in [0.25, 0.3) is 0 Å². The highest BCUT2D eigenvalue weighted by Gasteiger charge is 2.19. The first-order valence-corrected chi connectivity index (χ1v) is 7.64. The van der Waals surface area contributed by atoms with Crippen LogP contribution in [0.5, 0.6) is 0 Å². The molecule has 3 nitrogen and oxygen atoms in total. The molecule has 1 aliphatic rings. The van der Waals surface area contributed by atoms with Gasteiger partial charge in [-0.1, -0.05) is 17.7 Å². The van der Waals surface area contributed by atoms with Gasteiger partial charge in [-0.05, 0) is 64.0 Å². The van der Waals surface area contributed by atoms with Crippen LogP contribution in [0.1, 0.15) is 34.8 Å². The second-order valence-electron chi connectivity index (χ2n) is 6.29. The van der Waals surface area contributed by atoms with Crippen molar-refractivity contribution < 1.29 is 5.11 Å². The van der Waals surface area contributed by atoms with E-state index in [9.17, 15) is 5.11 Å². The molecule has 1 fully saturated rings. The highest BCUT2D eigenvalue weighted by Crippen LogP contribution is 2.24. The number of aryl methyl sites for hydroxylation is 3. The van der Waals surface area contributed by atoms with Crippen LogP contribution in [0.2, 0.25) is 0 Å². The average molecular weight is 276 g/mol. The van der Waals surface area contributed by atoms with Gasteiger partial charge in [0.2, 0.25) is 0 Å². The summed E-state index contributed by atoms with van der Waals surface area (Å²) in [6, 6.07) is 4.34. The van der Waals surface area contributed by atoms with Crippen LogP contribution in [0.15, 0.2) is 12.1 Å². The molecule has 1 heterocycles. The predicted octanol–water partition coefficient (Wildman–Crippen LogP) is 2.28. The Bertz CT molecular complexity index is 435. The standard InChI is InChI=1S/C17H28N2O/c1-13-10-14(2)17(15(3)11-13)16(20)12-19-7-5-6-18(4)8-9-19/h10-11,16,20H,5-9,12H2,1-4H3. The van der Waals surface area contributed by atoms with Crippen molar-refractivity contribution in [2.45, 2.75) is 33.3 Å². The van der Waals surface area contributed by atoms with Crippen molar-refractivity contribution in [1.29, 1.82) is 0 Å². The number of hydrogen-bond acceptors (Lipinski definition) is 3. The summed E-state index contributed by atoms with van der Waals surface area (Å²) in [7, 11) is 2.17. The van der Waals surface area contributed by atoms with Gasteiger partial charge < -0.3 is 10.0 Å². The second-order valence-corrected chi connectivity index (χ2v) is 6.29. The van der Waals surface area contributed by atoms with Crippen LogP contribution in [0, 0.1) is 20.8 Å². The molecule has 1 saturated heterocycles. The van der Waals surface area contributed by atoms with Gasteiger partial charge in [-0.15, -0.1) is 0 Å². The molecule has 20 heavy (non-hydrogen) atoms. The molecule has 0 aliphatic carbocycles. The van der Waals surface area contributed by atoms with Crippen LogP contribution in [0.25, 0.3) is 0 Å². The maximum absolute atomic E-state index is 10.6. The predicted molar refractivity (Wildman–Crippen MR) is 84.2 cm³/mol. The minimum Gasteiger partial charge on any atom is -0.387 e. The molecule has 0 radical (unpaired) electrons. The van der Waals surface area contributed by atoms with E-state index < -0.39 is 0 Å². The molecule has 1 aliphatic heterocycles. The molecule has 1 unspecified atom stereocenters. The maximum Gasteiger partial charge on any atom is 0.0922 e. The quantitative estimate of drug-likeness (QED) is 0.917. The summed E-state index contributed by atoms with van der Waals surface area (Å²) in [5.41, 5.74) is 4.81. The summed E-state index contributed by atoms with van der Waals surface area (Å²) < 4.78 is 0.